The van der Waals surface area contributed by atoms with Crippen molar-refractivity contribution in [2.45, 2.75) is 0 Å². The molecular weight excluding hydrogens is 544 g/mol. The first-order chi connectivity index (χ1) is 11.7. The quantitative estimate of drug-likeness (QED) is 0.189. The van der Waals surface area contributed by atoms with Crippen molar-refractivity contribution < 1.29 is 0 Å². The molecule has 6 heteroatoms. The summed E-state index contributed by atoms with van der Waals surface area (Å²) in [6.07, 6.45) is 1.84. The van der Waals surface area contributed by atoms with Gasteiger partial charge in [0, 0.05) is 18.1 Å². The third kappa shape index (κ3) is 3.27. The lowest BCUT2D eigenvalue weighted by Gasteiger charge is -1.99. The Hall–Kier alpha value is -1.26. The van der Waals surface area contributed by atoms with E-state index >= 15 is 0 Å². The van der Waals surface area contributed by atoms with Gasteiger partial charge in [0.2, 0.25) is 5.13 Å². The zero-order valence-corrected chi connectivity index (χ0v) is 17.5. The second-order valence-corrected chi connectivity index (χ2v) is 8.63. The van der Waals surface area contributed by atoms with Crippen molar-refractivity contribution in [3.05, 3.63) is 67.3 Å². The minimum atomic E-state index is 0.804. The Labute approximate surface area is 170 Å². The Bertz CT molecular complexity index is 1070. The van der Waals surface area contributed by atoms with Crippen LogP contribution >= 0.6 is 56.5 Å². The van der Waals surface area contributed by atoms with Crippen LogP contribution in [0.1, 0.15) is 5.56 Å². The lowest BCUT2D eigenvalue weighted by atomic mass is 10.1. The summed E-state index contributed by atoms with van der Waals surface area (Å²) in [4.78, 5) is 4.70. The molecule has 3 nitrogen and oxygen atoms in total. The molecule has 0 bridgehead atoms. The van der Waals surface area contributed by atoms with Gasteiger partial charge in [-0.05, 0) is 74.8 Å². The Morgan fingerprint density at radius 3 is 2.83 bits per heavy atom. The molecule has 24 heavy (non-hydrogen) atoms. The van der Waals surface area contributed by atoms with Crippen LogP contribution in [0.4, 0.5) is 5.13 Å². The molecule has 3 aromatic carbocycles. The van der Waals surface area contributed by atoms with Crippen LogP contribution in [0.25, 0.3) is 21.0 Å². The van der Waals surface area contributed by atoms with Crippen molar-refractivity contribution in [2.75, 3.05) is 5.43 Å². The molecule has 0 unspecified atom stereocenters. The molecule has 0 atom stereocenters. The first-order valence-corrected chi connectivity index (χ1v) is 10.2. The number of benzene rings is 3. The van der Waals surface area contributed by atoms with Crippen molar-refractivity contribution >= 4 is 88.9 Å². The molecule has 118 valence electrons. The molecule has 4 aromatic rings. The van der Waals surface area contributed by atoms with Gasteiger partial charge in [0.25, 0.3) is 0 Å². The maximum atomic E-state index is 4.70. The van der Waals surface area contributed by atoms with E-state index in [-0.39, 0.29) is 0 Å². The Morgan fingerprint density at radius 1 is 1.04 bits per heavy atom. The van der Waals surface area contributed by atoms with E-state index in [0.29, 0.717) is 0 Å². The monoisotopic (exact) mass is 555 g/mol. The number of nitrogens with zero attached hydrogens (tertiary/aromatic N) is 2. The van der Waals surface area contributed by atoms with Crippen LogP contribution in [0.2, 0.25) is 0 Å². The fourth-order valence-electron chi connectivity index (χ4n) is 2.48. The number of rotatable bonds is 3. The predicted molar refractivity (Wildman–Crippen MR) is 120 cm³/mol. The van der Waals surface area contributed by atoms with E-state index in [1.54, 1.807) is 11.3 Å². The molecule has 0 saturated heterocycles. The lowest BCUT2D eigenvalue weighted by Crippen LogP contribution is -1.92. The van der Waals surface area contributed by atoms with Gasteiger partial charge in [0.05, 0.1) is 16.4 Å². The fraction of sp³-hybridized carbons (Fsp3) is 0. The Balaban J connectivity index is 1.64. The molecular formula is C18H11I2N3S. The van der Waals surface area contributed by atoms with Gasteiger partial charge < -0.3 is 0 Å². The van der Waals surface area contributed by atoms with E-state index in [4.69, 9.17) is 4.98 Å². The van der Waals surface area contributed by atoms with E-state index in [1.807, 2.05) is 18.3 Å². The number of aromatic nitrogens is 1. The standard InChI is InChI=1S/C18H11I2N3S/c19-13-6-7-15(20)12(9-13)10-21-23-18-22-17-14-4-2-1-3-11(14)5-8-16(17)24-18/h1-10H,(H,22,23)/b21-10+. The van der Waals surface area contributed by atoms with Gasteiger partial charge in [-0.25, -0.2) is 4.98 Å². The highest BCUT2D eigenvalue weighted by Crippen LogP contribution is 2.31. The first-order valence-electron chi connectivity index (χ1n) is 7.23. The molecule has 0 spiro atoms. The minimum absolute atomic E-state index is 0.804. The number of nitrogens with one attached hydrogen (secondary N) is 1. The topological polar surface area (TPSA) is 37.3 Å². The van der Waals surface area contributed by atoms with Crippen molar-refractivity contribution in [2.24, 2.45) is 5.10 Å². The highest BCUT2D eigenvalue weighted by atomic mass is 127. The fourth-order valence-corrected chi connectivity index (χ4v) is 4.30. The molecule has 4 rings (SSSR count). The minimum Gasteiger partial charge on any atom is -0.253 e. The molecule has 0 radical (unpaired) electrons. The second kappa shape index (κ2) is 6.93. The molecule has 1 heterocycles. The van der Waals surface area contributed by atoms with E-state index < -0.39 is 0 Å². The SMILES string of the molecule is Ic1ccc(I)c(/C=N/Nc2nc3c(ccc4ccccc43)s2)c1. The van der Waals surface area contributed by atoms with Crippen molar-refractivity contribution in [3.8, 4) is 0 Å². The number of anilines is 1. The molecule has 0 aliphatic heterocycles. The van der Waals surface area contributed by atoms with E-state index in [9.17, 15) is 0 Å². The van der Waals surface area contributed by atoms with Gasteiger partial charge in [-0.2, -0.15) is 5.10 Å². The average molecular weight is 555 g/mol. The van der Waals surface area contributed by atoms with Crippen LogP contribution in [0.3, 0.4) is 0 Å². The summed E-state index contributed by atoms with van der Waals surface area (Å²) in [5.74, 6) is 0. The maximum Gasteiger partial charge on any atom is 0.204 e. The number of fused-ring (bicyclic) bond motifs is 3. The lowest BCUT2D eigenvalue weighted by molar-refractivity contribution is 1.31. The predicted octanol–water partition coefficient (Wildman–Crippen LogP) is 6.10. The molecule has 0 fully saturated rings. The summed E-state index contributed by atoms with van der Waals surface area (Å²) >= 11 is 6.24. The van der Waals surface area contributed by atoms with Gasteiger partial charge >= 0.3 is 0 Å². The third-order valence-corrected chi connectivity index (χ3v) is 6.18. The highest BCUT2D eigenvalue weighted by molar-refractivity contribution is 14.1. The number of hydrogen-bond donors (Lipinski definition) is 1. The van der Waals surface area contributed by atoms with Crippen molar-refractivity contribution in [3.63, 3.8) is 0 Å². The number of hydrazone groups is 1. The van der Waals surface area contributed by atoms with Gasteiger partial charge in [-0.15, -0.1) is 0 Å². The van der Waals surface area contributed by atoms with E-state index in [1.165, 1.54) is 17.9 Å². The summed E-state index contributed by atoms with van der Waals surface area (Å²) in [5, 5.41) is 7.54. The summed E-state index contributed by atoms with van der Waals surface area (Å²) in [6.45, 7) is 0. The van der Waals surface area contributed by atoms with Gasteiger partial charge in [-0.3, -0.25) is 5.43 Å². The molecule has 0 aliphatic rings. The third-order valence-electron chi connectivity index (χ3n) is 3.61. The maximum absolute atomic E-state index is 4.70. The van der Waals surface area contributed by atoms with Gasteiger partial charge in [-0.1, -0.05) is 41.7 Å². The molecule has 0 aliphatic carbocycles. The molecule has 1 aromatic heterocycles. The van der Waals surface area contributed by atoms with Crippen LogP contribution in [-0.2, 0) is 0 Å². The average Bonchev–Trinajstić information content (AvgIpc) is 3.01. The smallest absolute Gasteiger partial charge is 0.204 e. The van der Waals surface area contributed by atoms with E-state index in [0.717, 1.165) is 20.9 Å². The first kappa shape index (κ1) is 16.2. The Kier molecular flexibility index (Phi) is 4.68. The summed E-state index contributed by atoms with van der Waals surface area (Å²) in [7, 11) is 0. The van der Waals surface area contributed by atoms with E-state index in [2.05, 4.69) is 98.2 Å². The highest BCUT2D eigenvalue weighted by Gasteiger charge is 2.06. The summed E-state index contributed by atoms with van der Waals surface area (Å²) < 4.78 is 3.53. The van der Waals surface area contributed by atoms with Crippen LogP contribution in [0.5, 0.6) is 0 Å². The zero-order chi connectivity index (χ0) is 16.5. The van der Waals surface area contributed by atoms with Gasteiger partial charge in [0.1, 0.15) is 0 Å². The van der Waals surface area contributed by atoms with Crippen LogP contribution < -0.4 is 5.43 Å². The number of thiazole rings is 1. The number of halogens is 2. The van der Waals surface area contributed by atoms with Crippen molar-refractivity contribution in [1.29, 1.82) is 0 Å². The summed E-state index contributed by atoms with van der Waals surface area (Å²) in [6, 6.07) is 18.9. The van der Waals surface area contributed by atoms with Crippen LogP contribution in [0.15, 0.2) is 59.7 Å². The van der Waals surface area contributed by atoms with Crippen LogP contribution in [-0.4, -0.2) is 11.2 Å². The zero-order valence-electron chi connectivity index (χ0n) is 12.3. The molecule has 1 N–H and O–H groups in total. The van der Waals surface area contributed by atoms with Gasteiger partial charge in [0.15, 0.2) is 0 Å². The normalized spacial score (nSPS) is 11.6. The second-order valence-electron chi connectivity index (χ2n) is 5.19. The Morgan fingerprint density at radius 2 is 1.92 bits per heavy atom. The molecule has 0 amide bonds. The number of hydrogen-bond acceptors (Lipinski definition) is 4. The summed E-state index contributed by atoms with van der Waals surface area (Å²) in [5.41, 5.74) is 5.19. The largest absolute Gasteiger partial charge is 0.253 e. The van der Waals surface area contributed by atoms with Crippen molar-refractivity contribution in [1.82, 2.24) is 4.98 Å². The molecule has 0 saturated carbocycles. The van der Waals surface area contributed by atoms with Crippen LogP contribution in [0, 0.1) is 7.14 Å².